The third-order valence-corrected chi connectivity index (χ3v) is 2.15. The van der Waals surface area contributed by atoms with Crippen LogP contribution in [0.5, 0.6) is 0 Å². The van der Waals surface area contributed by atoms with E-state index >= 15 is 0 Å². The van der Waals surface area contributed by atoms with Crippen molar-refractivity contribution in [2.75, 3.05) is 0 Å². The Morgan fingerprint density at radius 2 is 1.88 bits per heavy atom. The molecule has 0 aliphatic rings. The minimum atomic E-state index is -0.356. The summed E-state index contributed by atoms with van der Waals surface area (Å²) >= 11 is 0. The first kappa shape index (κ1) is 10.1. The van der Waals surface area contributed by atoms with Gasteiger partial charge < -0.3 is 0 Å². The minimum absolute atomic E-state index is 0.309. The Kier molecular flexibility index (Phi) is 2.52. The molecule has 16 heavy (non-hydrogen) atoms. The number of hydrogen-bond donors (Lipinski definition) is 0. The van der Waals surface area contributed by atoms with E-state index in [2.05, 4.69) is 0 Å². The summed E-state index contributed by atoms with van der Waals surface area (Å²) in [6, 6.07) is 10.2. The lowest BCUT2D eigenvalue weighted by Crippen LogP contribution is -2.16. The molecule has 0 radical (unpaired) electrons. The van der Waals surface area contributed by atoms with E-state index in [1.165, 1.54) is 47.2 Å². The average molecular weight is 214 g/mol. The quantitative estimate of drug-likeness (QED) is 0.727. The zero-order chi connectivity index (χ0) is 11.5. The Morgan fingerprint density at radius 3 is 2.44 bits per heavy atom. The van der Waals surface area contributed by atoms with Crippen LogP contribution in [0.25, 0.3) is 5.69 Å². The maximum atomic E-state index is 12.7. The molecule has 2 aromatic rings. The SMILES string of the molecule is N#Cc1ccn(-c2ccc(F)cc2)c(=O)c1. The first-order valence-electron chi connectivity index (χ1n) is 4.59. The summed E-state index contributed by atoms with van der Waals surface area (Å²) in [5.41, 5.74) is 0.560. The highest BCUT2D eigenvalue weighted by atomic mass is 19.1. The van der Waals surface area contributed by atoms with Gasteiger partial charge in [0.1, 0.15) is 5.82 Å². The summed E-state index contributed by atoms with van der Waals surface area (Å²) in [5.74, 6) is -0.356. The fraction of sp³-hybridized carbons (Fsp3) is 0. The Morgan fingerprint density at radius 1 is 1.19 bits per heavy atom. The molecule has 0 saturated heterocycles. The molecule has 0 unspecified atom stereocenters. The van der Waals surface area contributed by atoms with Gasteiger partial charge in [-0.2, -0.15) is 5.26 Å². The molecule has 0 atom stereocenters. The lowest BCUT2D eigenvalue weighted by Gasteiger charge is -2.04. The third kappa shape index (κ3) is 1.84. The van der Waals surface area contributed by atoms with Gasteiger partial charge in [0.05, 0.1) is 11.6 Å². The molecule has 0 aliphatic carbocycles. The van der Waals surface area contributed by atoms with Crippen molar-refractivity contribution < 1.29 is 4.39 Å². The fourth-order valence-electron chi connectivity index (χ4n) is 1.36. The van der Waals surface area contributed by atoms with Gasteiger partial charge >= 0.3 is 0 Å². The van der Waals surface area contributed by atoms with Gasteiger partial charge in [-0.1, -0.05) is 0 Å². The summed E-state index contributed by atoms with van der Waals surface area (Å²) in [6.45, 7) is 0. The van der Waals surface area contributed by atoms with Crippen LogP contribution < -0.4 is 5.56 Å². The molecule has 0 amide bonds. The van der Waals surface area contributed by atoms with Crippen molar-refractivity contribution in [2.24, 2.45) is 0 Å². The highest BCUT2D eigenvalue weighted by molar-refractivity contribution is 5.35. The minimum Gasteiger partial charge on any atom is -0.284 e. The summed E-state index contributed by atoms with van der Waals surface area (Å²) in [7, 11) is 0. The van der Waals surface area contributed by atoms with Gasteiger partial charge in [0.15, 0.2) is 0 Å². The molecule has 0 bridgehead atoms. The van der Waals surface area contributed by atoms with E-state index in [0.717, 1.165) is 0 Å². The average Bonchev–Trinajstić information content (AvgIpc) is 2.30. The van der Waals surface area contributed by atoms with Crippen LogP contribution >= 0.6 is 0 Å². The van der Waals surface area contributed by atoms with Gasteiger partial charge in [-0.3, -0.25) is 9.36 Å². The number of nitrogens with zero attached hydrogens (tertiary/aromatic N) is 2. The molecule has 0 spiro atoms. The van der Waals surface area contributed by atoms with Crippen molar-refractivity contribution in [1.82, 2.24) is 4.57 Å². The van der Waals surface area contributed by atoms with E-state index in [0.29, 0.717) is 11.3 Å². The van der Waals surface area contributed by atoms with Crippen LogP contribution in [0.1, 0.15) is 5.56 Å². The van der Waals surface area contributed by atoms with Crippen LogP contribution in [-0.4, -0.2) is 4.57 Å². The van der Waals surface area contributed by atoms with Gasteiger partial charge in [0.25, 0.3) is 5.56 Å². The van der Waals surface area contributed by atoms with E-state index < -0.39 is 0 Å². The largest absolute Gasteiger partial charge is 0.284 e. The molecule has 1 aromatic heterocycles. The Labute approximate surface area is 91.0 Å². The fourth-order valence-corrected chi connectivity index (χ4v) is 1.36. The number of hydrogen-bond acceptors (Lipinski definition) is 2. The highest BCUT2D eigenvalue weighted by Crippen LogP contribution is 2.06. The van der Waals surface area contributed by atoms with Gasteiger partial charge in [-0.05, 0) is 30.3 Å². The molecule has 1 aromatic carbocycles. The number of nitriles is 1. The van der Waals surface area contributed by atoms with Crippen molar-refractivity contribution >= 4 is 0 Å². The van der Waals surface area contributed by atoms with Gasteiger partial charge in [0.2, 0.25) is 0 Å². The molecular weight excluding hydrogens is 207 g/mol. The zero-order valence-electron chi connectivity index (χ0n) is 8.22. The second-order valence-electron chi connectivity index (χ2n) is 3.21. The molecule has 0 aliphatic heterocycles. The normalized spacial score (nSPS) is 9.75. The number of aromatic nitrogens is 1. The van der Waals surface area contributed by atoms with Gasteiger partial charge in [-0.15, -0.1) is 0 Å². The summed E-state index contributed by atoms with van der Waals surface area (Å²) < 4.78 is 14.0. The number of halogens is 1. The maximum absolute atomic E-state index is 12.7. The smallest absolute Gasteiger partial charge is 0.256 e. The Balaban J connectivity index is 2.54. The number of pyridine rings is 1. The van der Waals surface area contributed by atoms with Crippen LogP contribution in [0.4, 0.5) is 4.39 Å². The first-order valence-corrected chi connectivity index (χ1v) is 4.59. The second-order valence-corrected chi connectivity index (χ2v) is 3.21. The van der Waals surface area contributed by atoms with E-state index in [1.54, 1.807) is 0 Å². The van der Waals surface area contributed by atoms with E-state index in [-0.39, 0.29) is 11.4 Å². The topological polar surface area (TPSA) is 45.8 Å². The Bertz CT molecular complexity index is 608. The molecule has 2 rings (SSSR count). The summed E-state index contributed by atoms with van der Waals surface area (Å²) in [5, 5.41) is 8.61. The predicted molar refractivity (Wildman–Crippen MR) is 56.7 cm³/mol. The molecule has 78 valence electrons. The second kappa shape index (κ2) is 3.99. The van der Waals surface area contributed by atoms with Crippen LogP contribution in [0.3, 0.4) is 0 Å². The van der Waals surface area contributed by atoms with Crippen LogP contribution in [0.2, 0.25) is 0 Å². The van der Waals surface area contributed by atoms with Crippen molar-refractivity contribution in [2.45, 2.75) is 0 Å². The molecule has 0 N–H and O–H groups in total. The predicted octanol–water partition coefficient (Wildman–Crippen LogP) is 1.85. The molecule has 0 fully saturated rings. The van der Waals surface area contributed by atoms with Crippen LogP contribution in [0.15, 0.2) is 47.4 Å². The van der Waals surface area contributed by atoms with Crippen molar-refractivity contribution in [3.63, 3.8) is 0 Å². The maximum Gasteiger partial charge on any atom is 0.256 e. The lowest BCUT2D eigenvalue weighted by atomic mass is 10.2. The molecule has 1 heterocycles. The number of rotatable bonds is 1. The zero-order valence-corrected chi connectivity index (χ0v) is 8.22. The first-order chi connectivity index (χ1) is 7.70. The molecular formula is C12H7FN2O. The van der Waals surface area contributed by atoms with E-state index in [1.807, 2.05) is 6.07 Å². The van der Waals surface area contributed by atoms with Gasteiger partial charge in [-0.25, -0.2) is 4.39 Å². The van der Waals surface area contributed by atoms with Gasteiger partial charge in [0, 0.05) is 18.0 Å². The molecule has 0 saturated carbocycles. The van der Waals surface area contributed by atoms with Crippen molar-refractivity contribution in [3.8, 4) is 11.8 Å². The summed E-state index contributed by atoms with van der Waals surface area (Å²) in [4.78, 5) is 11.6. The Hall–Kier alpha value is -2.41. The third-order valence-electron chi connectivity index (χ3n) is 2.15. The van der Waals surface area contributed by atoms with Crippen LogP contribution in [-0.2, 0) is 0 Å². The molecule has 4 heteroatoms. The van der Waals surface area contributed by atoms with Crippen LogP contribution in [0, 0.1) is 17.1 Å². The lowest BCUT2D eigenvalue weighted by molar-refractivity contribution is 0.627. The van der Waals surface area contributed by atoms with E-state index in [9.17, 15) is 9.18 Å². The van der Waals surface area contributed by atoms with Crippen molar-refractivity contribution in [3.05, 3.63) is 64.3 Å². The molecule has 3 nitrogen and oxygen atoms in total. The van der Waals surface area contributed by atoms with E-state index in [4.69, 9.17) is 5.26 Å². The monoisotopic (exact) mass is 214 g/mol. The van der Waals surface area contributed by atoms with Crippen molar-refractivity contribution in [1.29, 1.82) is 5.26 Å². The standard InChI is InChI=1S/C12H7FN2O/c13-10-1-3-11(4-2-10)15-6-5-9(8-14)7-12(15)16/h1-7H. The summed E-state index contributed by atoms with van der Waals surface area (Å²) in [6.07, 6.45) is 1.49. The number of benzene rings is 1. The highest BCUT2D eigenvalue weighted by Gasteiger charge is 2.00.